The van der Waals surface area contributed by atoms with Crippen molar-refractivity contribution in [1.29, 1.82) is 0 Å². The first-order valence-corrected chi connectivity index (χ1v) is 4.19. The van der Waals surface area contributed by atoms with E-state index in [1.165, 1.54) is 0 Å². The molecule has 1 rings (SSSR count). The molecule has 1 aromatic heterocycles. The molecule has 0 amide bonds. The number of Topliss-reactive ketones (excluding diaryl/α,β-unsaturated/α-hetero) is 1. The van der Waals surface area contributed by atoms with Crippen LogP contribution in [-0.4, -0.2) is 41.1 Å². The molecule has 0 bridgehead atoms. The minimum absolute atomic E-state index is 0.121. The molecule has 72 valence electrons. The van der Waals surface area contributed by atoms with Crippen LogP contribution in [0.15, 0.2) is 6.20 Å². The lowest BCUT2D eigenvalue weighted by molar-refractivity contribution is 0.0957. The second-order valence-corrected chi connectivity index (χ2v) is 3.46. The van der Waals surface area contributed by atoms with Gasteiger partial charge in [0.1, 0.15) is 0 Å². The number of ketones is 1. The molecule has 0 aliphatic heterocycles. The lowest BCUT2D eigenvalue weighted by atomic mass is 10.2. The number of hydrogen-bond acceptors (Lipinski definition) is 3. The van der Waals surface area contributed by atoms with Crippen LogP contribution in [0.5, 0.6) is 0 Å². The minimum atomic E-state index is 0.121. The zero-order valence-electron chi connectivity index (χ0n) is 8.53. The van der Waals surface area contributed by atoms with Crippen LogP contribution in [0.25, 0.3) is 0 Å². The van der Waals surface area contributed by atoms with E-state index in [2.05, 4.69) is 5.10 Å². The highest BCUT2D eigenvalue weighted by atomic mass is 16.1. The van der Waals surface area contributed by atoms with E-state index in [4.69, 9.17) is 0 Å². The molecule has 0 saturated carbocycles. The maximum atomic E-state index is 11.6. The fourth-order valence-corrected chi connectivity index (χ4v) is 1.25. The number of rotatable bonds is 3. The number of carbonyl (C=O) groups excluding carboxylic acids is 1. The van der Waals surface area contributed by atoms with Crippen LogP contribution in [0.3, 0.4) is 0 Å². The summed E-state index contributed by atoms with van der Waals surface area (Å²) in [5, 5.41) is 4.12. The Bertz CT molecular complexity index is 315. The summed E-state index contributed by atoms with van der Waals surface area (Å²) < 4.78 is 1.66. The van der Waals surface area contributed by atoms with Crippen molar-refractivity contribution in [2.24, 2.45) is 7.05 Å². The van der Waals surface area contributed by atoms with Gasteiger partial charge in [0.15, 0.2) is 5.78 Å². The molecule has 0 aliphatic rings. The number of hydrogen-bond donors (Lipinski definition) is 0. The summed E-state index contributed by atoms with van der Waals surface area (Å²) in [6.45, 7) is 2.29. The average molecular weight is 181 g/mol. The van der Waals surface area contributed by atoms with Crippen LogP contribution >= 0.6 is 0 Å². The van der Waals surface area contributed by atoms with Gasteiger partial charge in [-0.2, -0.15) is 5.10 Å². The number of nitrogens with zero attached hydrogens (tertiary/aromatic N) is 3. The van der Waals surface area contributed by atoms with E-state index >= 15 is 0 Å². The summed E-state index contributed by atoms with van der Waals surface area (Å²) in [5.41, 5.74) is 1.52. The minimum Gasteiger partial charge on any atom is -0.302 e. The van der Waals surface area contributed by atoms with Gasteiger partial charge in [-0.1, -0.05) is 0 Å². The number of aromatic nitrogens is 2. The molecular formula is C9H15N3O. The molecule has 0 unspecified atom stereocenters. The Morgan fingerprint density at radius 1 is 1.62 bits per heavy atom. The summed E-state index contributed by atoms with van der Waals surface area (Å²) in [6.07, 6.45) is 1.77. The molecule has 4 heteroatoms. The van der Waals surface area contributed by atoms with Gasteiger partial charge in [0, 0.05) is 13.2 Å². The molecule has 0 N–H and O–H groups in total. The SMILES string of the molecule is Cc1nn(C)cc1C(=O)CN(C)C. The zero-order valence-corrected chi connectivity index (χ0v) is 8.53. The van der Waals surface area contributed by atoms with Gasteiger partial charge in [-0.15, -0.1) is 0 Å². The van der Waals surface area contributed by atoms with Gasteiger partial charge in [-0.05, 0) is 21.0 Å². The van der Waals surface area contributed by atoms with E-state index in [1.807, 2.05) is 33.0 Å². The maximum Gasteiger partial charge on any atom is 0.180 e. The summed E-state index contributed by atoms with van der Waals surface area (Å²) in [4.78, 5) is 13.5. The lowest BCUT2D eigenvalue weighted by Gasteiger charge is -2.06. The fourth-order valence-electron chi connectivity index (χ4n) is 1.25. The predicted octanol–water partition coefficient (Wildman–Crippen LogP) is 0.473. The molecule has 13 heavy (non-hydrogen) atoms. The van der Waals surface area contributed by atoms with Crippen LogP contribution in [0.4, 0.5) is 0 Å². The van der Waals surface area contributed by atoms with Gasteiger partial charge in [0.25, 0.3) is 0 Å². The smallest absolute Gasteiger partial charge is 0.180 e. The molecule has 0 fully saturated rings. The lowest BCUT2D eigenvalue weighted by Crippen LogP contribution is -2.21. The summed E-state index contributed by atoms with van der Waals surface area (Å²) in [5.74, 6) is 0.121. The number of likely N-dealkylation sites (N-methyl/N-ethyl adjacent to an activating group) is 1. The van der Waals surface area contributed by atoms with Gasteiger partial charge in [0.05, 0.1) is 17.8 Å². The van der Waals surface area contributed by atoms with Crippen LogP contribution in [0.1, 0.15) is 16.1 Å². The summed E-state index contributed by atoms with van der Waals surface area (Å²) in [6, 6.07) is 0. The molecule has 1 aromatic rings. The highest BCUT2D eigenvalue weighted by Crippen LogP contribution is 2.05. The van der Waals surface area contributed by atoms with E-state index in [9.17, 15) is 4.79 Å². The Morgan fingerprint density at radius 2 is 2.23 bits per heavy atom. The van der Waals surface area contributed by atoms with Crippen LogP contribution in [0, 0.1) is 6.92 Å². The first-order chi connectivity index (χ1) is 6.00. The van der Waals surface area contributed by atoms with Gasteiger partial charge < -0.3 is 4.90 Å². The molecule has 0 aliphatic carbocycles. The van der Waals surface area contributed by atoms with Gasteiger partial charge >= 0.3 is 0 Å². The standard InChI is InChI=1S/C9H15N3O/c1-7-8(5-12(4)10-7)9(13)6-11(2)3/h5H,6H2,1-4H3. The average Bonchev–Trinajstić information content (AvgIpc) is 2.28. The number of aryl methyl sites for hydroxylation is 2. The Balaban J connectivity index is 2.82. The Kier molecular flexibility index (Phi) is 2.83. The van der Waals surface area contributed by atoms with E-state index in [0.717, 1.165) is 11.3 Å². The van der Waals surface area contributed by atoms with Crippen LogP contribution in [0.2, 0.25) is 0 Å². The molecule has 0 radical (unpaired) electrons. The summed E-state index contributed by atoms with van der Waals surface area (Å²) in [7, 11) is 5.58. The number of carbonyl (C=O) groups is 1. The van der Waals surface area contributed by atoms with Crippen molar-refractivity contribution in [2.45, 2.75) is 6.92 Å². The summed E-state index contributed by atoms with van der Waals surface area (Å²) >= 11 is 0. The van der Waals surface area contributed by atoms with Gasteiger partial charge in [0.2, 0.25) is 0 Å². The Labute approximate surface area is 78.1 Å². The second-order valence-electron chi connectivity index (χ2n) is 3.46. The molecule has 4 nitrogen and oxygen atoms in total. The fraction of sp³-hybridized carbons (Fsp3) is 0.556. The van der Waals surface area contributed by atoms with E-state index < -0.39 is 0 Å². The first-order valence-electron chi connectivity index (χ1n) is 4.19. The predicted molar refractivity (Wildman–Crippen MR) is 50.8 cm³/mol. The first kappa shape index (κ1) is 9.92. The van der Waals surface area contributed by atoms with E-state index in [-0.39, 0.29) is 5.78 Å². The Hall–Kier alpha value is -1.16. The molecule has 0 spiro atoms. The van der Waals surface area contributed by atoms with Crippen molar-refractivity contribution in [1.82, 2.24) is 14.7 Å². The third kappa shape index (κ3) is 2.39. The third-order valence-electron chi connectivity index (χ3n) is 1.77. The van der Waals surface area contributed by atoms with Crippen LogP contribution < -0.4 is 0 Å². The van der Waals surface area contributed by atoms with E-state index in [0.29, 0.717) is 6.54 Å². The van der Waals surface area contributed by atoms with Crippen molar-refractivity contribution >= 4 is 5.78 Å². The zero-order chi connectivity index (χ0) is 10.0. The Morgan fingerprint density at radius 3 is 2.62 bits per heavy atom. The maximum absolute atomic E-state index is 11.6. The molecule has 1 heterocycles. The molecule has 0 saturated heterocycles. The van der Waals surface area contributed by atoms with Gasteiger partial charge in [-0.25, -0.2) is 0 Å². The highest BCUT2D eigenvalue weighted by molar-refractivity contribution is 5.98. The highest BCUT2D eigenvalue weighted by Gasteiger charge is 2.12. The normalized spacial score (nSPS) is 10.8. The third-order valence-corrected chi connectivity index (χ3v) is 1.77. The van der Waals surface area contributed by atoms with Crippen molar-refractivity contribution in [3.8, 4) is 0 Å². The second kappa shape index (κ2) is 3.70. The van der Waals surface area contributed by atoms with Crippen molar-refractivity contribution in [3.63, 3.8) is 0 Å². The van der Waals surface area contributed by atoms with Crippen molar-refractivity contribution < 1.29 is 4.79 Å². The molecule has 0 atom stereocenters. The van der Waals surface area contributed by atoms with Crippen LogP contribution in [-0.2, 0) is 7.05 Å². The largest absolute Gasteiger partial charge is 0.302 e. The topological polar surface area (TPSA) is 38.1 Å². The van der Waals surface area contributed by atoms with Gasteiger partial charge in [-0.3, -0.25) is 9.48 Å². The monoisotopic (exact) mass is 181 g/mol. The molecular weight excluding hydrogens is 166 g/mol. The van der Waals surface area contributed by atoms with Crippen molar-refractivity contribution in [2.75, 3.05) is 20.6 Å². The van der Waals surface area contributed by atoms with Crippen molar-refractivity contribution in [3.05, 3.63) is 17.5 Å². The quantitative estimate of drug-likeness (QED) is 0.636. The van der Waals surface area contributed by atoms with E-state index in [1.54, 1.807) is 10.9 Å². The molecule has 0 aromatic carbocycles.